The molecule has 1 heterocycles. The molecular formula is C102H120BBr2ClN4O25. The van der Waals surface area contributed by atoms with E-state index in [1.165, 1.54) is 21.3 Å². The van der Waals surface area contributed by atoms with Crippen LogP contribution in [-0.2, 0) is 119 Å². The molecule has 0 saturated heterocycles. The largest absolute Gasteiger partial charge is 0.496 e. The van der Waals surface area contributed by atoms with Crippen LogP contribution >= 0.6 is 43.5 Å². The Morgan fingerprint density at radius 2 is 0.711 bits per heavy atom. The first-order chi connectivity index (χ1) is 65.3. The summed E-state index contributed by atoms with van der Waals surface area (Å²) in [7, 11) is 17.6. The van der Waals surface area contributed by atoms with Crippen molar-refractivity contribution in [2.45, 2.75) is 104 Å². The van der Waals surface area contributed by atoms with Gasteiger partial charge in [0, 0.05) is 82.7 Å². The number of fused-ring (bicyclic) bond motifs is 1. The van der Waals surface area contributed by atoms with Crippen molar-refractivity contribution in [3.05, 3.63) is 286 Å². The maximum absolute atomic E-state index is 12.6. The van der Waals surface area contributed by atoms with E-state index >= 15 is 0 Å². The number of halogens is 3. The molecule has 2 amide bonds. The van der Waals surface area contributed by atoms with Gasteiger partial charge in [0.05, 0.1) is 160 Å². The molecule has 14 N–H and O–H groups in total. The van der Waals surface area contributed by atoms with Crippen molar-refractivity contribution in [2.75, 3.05) is 111 Å². The summed E-state index contributed by atoms with van der Waals surface area (Å²) in [5.74, 6) is 7.09. The van der Waals surface area contributed by atoms with Crippen molar-refractivity contribution < 1.29 is 122 Å². The summed E-state index contributed by atoms with van der Waals surface area (Å²) < 4.78 is 67.1. The molecule has 0 radical (unpaired) electrons. The summed E-state index contributed by atoms with van der Waals surface area (Å²) in [6.45, 7) is 0.295. The number of methoxy groups -OCH3 is 12. The molecule has 1 aliphatic rings. The van der Waals surface area contributed by atoms with Crippen molar-refractivity contribution in [2.24, 2.45) is 10.7 Å². The van der Waals surface area contributed by atoms with Crippen molar-refractivity contribution in [3.8, 4) is 91.2 Å². The zero-order valence-electron chi connectivity index (χ0n) is 77.8. The maximum Gasteiger partial charge on any atom is 0.488 e. The predicted molar refractivity (Wildman–Crippen MR) is 527 cm³/mol. The lowest BCUT2D eigenvalue weighted by Gasteiger charge is -2.24. The molecule has 11 aromatic rings. The number of nitrogens with two attached hydrogens (primary N) is 1. The number of ether oxygens (including phenoxy) is 12. The first-order valence-corrected chi connectivity index (χ1v) is 44.7. The first kappa shape index (κ1) is 110. The summed E-state index contributed by atoms with van der Waals surface area (Å²) in [5.41, 5.74) is 23.4. The molecule has 1 aliphatic heterocycles. The predicted octanol–water partition coefficient (Wildman–Crippen LogP) is 11.9. The van der Waals surface area contributed by atoms with E-state index in [1.807, 2.05) is 103 Å². The molecule has 722 valence electrons. The minimum absolute atomic E-state index is 0.0661. The zero-order valence-corrected chi connectivity index (χ0v) is 81.7. The third-order valence-electron chi connectivity index (χ3n) is 21.6. The monoisotopic (exact) mass is 2000 g/mol. The van der Waals surface area contributed by atoms with Crippen LogP contribution in [0.25, 0.3) is 22.3 Å². The minimum atomic E-state index is -1.34. The highest BCUT2D eigenvalue weighted by Crippen LogP contribution is 2.46. The number of aliphatic hydroxyl groups excluding tert-OH is 8. The van der Waals surface area contributed by atoms with E-state index in [9.17, 15) is 45.0 Å². The van der Waals surface area contributed by atoms with E-state index in [-0.39, 0.29) is 83.9 Å². The van der Waals surface area contributed by atoms with Crippen LogP contribution in [0.4, 0.5) is 0 Å². The van der Waals surface area contributed by atoms with Crippen LogP contribution in [-0.4, -0.2) is 192 Å². The topological polar surface area (TPSA) is 427 Å². The van der Waals surface area contributed by atoms with Crippen LogP contribution in [0, 0.1) is 0 Å². The van der Waals surface area contributed by atoms with Crippen LogP contribution in [0.5, 0.6) is 69.0 Å². The Balaban J connectivity index is 0.000000232. The zero-order chi connectivity index (χ0) is 98.6. The smallest absolute Gasteiger partial charge is 0.488 e. The molecule has 11 aromatic carbocycles. The highest BCUT2D eigenvalue weighted by molar-refractivity contribution is 9.11. The number of nitrogens with one attached hydrogen (secondary N) is 2. The van der Waals surface area contributed by atoms with Gasteiger partial charge in [-0.25, -0.2) is 0 Å². The SMILES string of the molecule is COc1c(Br)ccc(CCN)c1OC.COc1cc(CC(=O)Cl)cc(CO)c1CO.COc1cc(CC(=O)NCCc2ccc(-c3ccccc3)c(OC)c2OC)cc(CO)c1CO.COc1cc(CC(=O)NCCc2ccc(Br)c(OC)c2OC)cc(CO)c1CO.COc1cc(CC2=NCCc3c2cc(-c2ccccc2)c(OC)c3OC)cc(CO)c1CO.OB(O)c1ccccc1. The molecule has 0 atom stereocenters. The van der Waals surface area contributed by atoms with E-state index in [2.05, 4.69) is 60.7 Å². The number of nitrogens with zero attached hydrogens (tertiary/aromatic N) is 1. The Morgan fingerprint density at radius 3 is 1.06 bits per heavy atom. The number of rotatable bonds is 39. The van der Waals surface area contributed by atoms with Crippen molar-refractivity contribution >= 4 is 78.8 Å². The van der Waals surface area contributed by atoms with Crippen molar-refractivity contribution in [3.63, 3.8) is 0 Å². The van der Waals surface area contributed by atoms with E-state index in [0.29, 0.717) is 158 Å². The second-order valence-electron chi connectivity index (χ2n) is 29.8. The molecule has 0 unspecified atom stereocenters. The number of aliphatic hydroxyl groups is 8. The fourth-order valence-electron chi connectivity index (χ4n) is 15.2. The van der Waals surface area contributed by atoms with Gasteiger partial charge < -0.3 is 124 Å². The second-order valence-corrected chi connectivity index (χ2v) is 31.9. The number of carbonyl (C=O) groups is 3. The molecule has 33 heteroatoms. The number of amides is 2. The first-order valence-electron chi connectivity index (χ1n) is 42.7. The van der Waals surface area contributed by atoms with Gasteiger partial charge >= 0.3 is 7.12 Å². The van der Waals surface area contributed by atoms with Gasteiger partial charge in [0.2, 0.25) is 17.1 Å². The molecule has 0 aromatic heterocycles. The average molecular weight is 2010 g/mol. The fraction of sp³-hybridized carbons (Fsp3) is 0.314. The van der Waals surface area contributed by atoms with Gasteiger partial charge in [-0.05, 0) is 196 Å². The quantitative estimate of drug-likeness (QED) is 0.0126. The van der Waals surface area contributed by atoms with Crippen LogP contribution in [0.1, 0.15) is 94.6 Å². The molecule has 12 rings (SSSR count). The molecule has 0 saturated carbocycles. The summed E-state index contributed by atoms with van der Waals surface area (Å²) in [5, 5.41) is 98.4. The minimum Gasteiger partial charge on any atom is -0.496 e. The standard InChI is InChI=1S/C27H31NO6.C27H29NO5.C21H26BrNO6.C11H13ClO4.C10H14BrNO2.C6H7BO2/c1-32-24-14-18(13-21(16-29)23(24)17-30)15-25(31)28-12-11-20-9-10-22(19-7-5-4-6-8-19)27(34-3)26(20)33-2;1-31-25-13-17(11-19(15-29)23(25)16-30)12-24-22-14-21(18-7-5-4-6-8-18)27(33-3)26(32-2)20(22)9-10-28-24;1-27-18-9-13(8-15(11-24)16(18)12-25)10-19(26)23-7-6-14-4-5-17(22)21(29-3)20(14)28-2;1-16-10-3-7(4-11(12)15)2-8(5-13)9(10)6-14;1-13-9-7(5-6-12)3-4-8(11)10(9)14-2;8-7(9)6-4-2-1-3-5-6/h4-10,13-14,29-30H,11-12,15-17H2,1-3H3,(H,28,31);4-8,11,13-14,29-30H,9-10,12,15-16H2,1-3H3;4-5,8-9,24-25H,6-7,10-12H2,1-3H3,(H,23,26);2-3,13-14H,4-6H2,1H3;3-4H,5-6,12H2,1-2H3;1-5,8-9H. The molecule has 135 heavy (non-hydrogen) atoms. The fourth-order valence-corrected chi connectivity index (χ4v) is 16.3. The van der Waals surface area contributed by atoms with E-state index in [4.69, 9.17) is 99.4 Å². The Labute approximate surface area is 809 Å². The normalized spacial score (nSPS) is 10.9. The van der Waals surface area contributed by atoms with Gasteiger partial charge in [-0.3, -0.25) is 19.4 Å². The lowest BCUT2D eigenvalue weighted by molar-refractivity contribution is -0.121. The van der Waals surface area contributed by atoms with Crippen LogP contribution in [0.15, 0.2) is 196 Å². The molecule has 0 bridgehead atoms. The van der Waals surface area contributed by atoms with Crippen LogP contribution in [0.3, 0.4) is 0 Å². The second kappa shape index (κ2) is 57.8. The summed E-state index contributed by atoms with van der Waals surface area (Å²) in [6, 6.07) is 56.4. The van der Waals surface area contributed by atoms with Crippen LogP contribution < -0.4 is 78.7 Å². The molecule has 0 fully saturated rings. The summed E-state index contributed by atoms with van der Waals surface area (Å²) in [4.78, 5) is 40.5. The van der Waals surface area contributed by atoms with E-state index < -0.39 is 12.4 Å². The molecule has 29 nitrogen and oxygen atoms in total. The Morgan fingerprint density at radius 1 is 0.370 bits per heavy atom. The van der Waals surface area contributed by atoms with Gasteiger partial charge in [0.25, 0.3) is 0 Å². The van der Waals surface area contributed by atoms with Gasteiger partial charge in [0.15, 0.2) is 46.0 Å². The summed E-state index contributed by atoms with van der Waals surface area (Å²) >= 11 is 12.1. The average Bonchev–Trinajstić information content (AvgIpc) is 0.757. The van der Waals surface area contributed by atoms with E-state index in [0.717, 1.165) is 106 Å². The van der Waals surface area contributed by atoms with Gasteiger partial charge in [-0.15, -0.1) is 0 Å². The lowest BCUT2D eigenvalue weighted by Crippen LogP contribution is -2.29. The Bertz CT molecular complexity index is 5590. The summed E-state index contributed by atoms with van der Waals surface area (Å²) in [6.07, 6.45) is 3.58. The number of hydrogen-bond acceptors (Lipinski definition) is 27. The third kappa shape index (κ3) is 30.6. The molecular weight excluding hydrogens is 1890 g/mol. The highest BCUT2D eigenvalue weighted by atomic mass is 79.9. The van der Waals surface area contributed by atoms with Gasteiger partial charge in [-0.1, -0.05) is 140 Å². The third-order valence-corrected chi connectivity index (χ3v) is 23.0. The Hall–Kier alpha value is -11.8. The van der Waals surface area contributed by atoms with Gasteiger partial charge in [0.1, 0.15) is 23.0 Å². The molecule has 0 spiro atoms. The number of carbonyl (C=O) groups excluding carboxylic acids is 3. The highest BCUT2D eigenvalue weighted by Gasteiger charge is 2.28. The lowest BCUT2D eigenvalue weighted by atomic mass is 9.81. The number of hydrogen-bond donors (Lipinski definition) is 13. The van der Waals surface area contributed by atoms with Crippen molar-refractivity contribution in [1.82, 2.24) is 10.6 Å². The number of aliphatic imine (C=N–C) groups is 1. The number of benzene rings is 11. The Kier molecular flexibility index (Phi) is 47.2. The molecule has 0 aliphatic carbocycles. The van der Waals surface area contributed by atoms with Crippen LogP contribution in [0.2, 0.25) is 0 Å². The van der Waals surface area contributed by atoms with E-state index in [1.54, 1.807) is 125 Å². The van der Waals surface area contributed by atoms with Crippen molar-refractivity contribution in [1.29, 1.82) is 0 Å². The maximum atomic E-state index is 12.6. The van der Waals surface area contributed by atoms with Gasteiger partial charge in [-0.2, -0.15) is 0 Å².